The lowest BCUT2D eigenvalue weighted by molar-refractivity contribution is 0.112. The van der Waals surface area contributed by atoms with E-state index in [0.29, 0.717) is 17.4 Å². The van der Waals surface area contributed by atoms with Crippen LogP contribution in [0.15, 0.2) is 53.3 Å². The summed E-state index contributed by atoms with van der Waals surface area (Å²) in [5.41, 5.74) is 2.23. The van der Waals surface area contributed by atoms with Crippen molar-refractivity contribution >= 4 is 17.1 Å². The molecule has 0 aliphatic rings. The zero-order chi connectivity index (χ0) is 13.9. The van der Waals surface area contributed by atoms with Crippen molar-refractivity contribution in [3.63, 3.8) is 0 Å². The van der Waals surface area contributed by atoms with Crippen LogP contribution >= 0.6 is 0 Å². The van der Waals surface area contributed by atoms with E-state index in [-0.39, 0.29) is 5.56 Å². The molecular formula is C16H12N2O2. The Hall–Kier alpha value is -2.75. The van der Waals surface area contributed by atoms with Crippen molar-refractivity contribution < 1.29 is 4.79 Å². The van der Waals surface area contributed by atoms with E-state index in [2.05, 4.69) is 10.2 Å². The molecule has 0 radical (unpaired) electrons. The van der Waals surface area contributed by atoms with Crippen LogP contribution in [0.3, 0.4) is 0 Å². The largest absolute Gasteiger partial charge is 0.298 e. The molecule has 0 aliphatic carbocycles. The summed E-state index contributed by atoms with van der Waals surface area (Å²) in [5.74, 6) is 0. The average Bonchev–Trinajstić information content (AvgIpc) is 2.51. The van der Waals surface area contributed by atoms with Crippen molar-refractivity contribution in [3.05, 3.63) is 75.7 Å². The van der Waals surface area contributed by atoms with Crippen LogP contribution in [0.4, 0.5) is 0 Å². The third-order valence-corrected chi connectivity index (χ3v) is 3.23. The van der Waals surface area contributed by atoms with Gasteiger partial charge in [-0.25, -0.2) is 5.10 Å². The third-order valence-electron chi connectivity index (χ3n) is 3.23. The Kier molecular flexibility index (Phi) is 3.13. The van der Waals surface area contributed by atoms with Crippen molar-refractivity contribution in [1.82, 2.24) is 10.2 Å². The Morgan fingerprint density at radius 2 is 1.85 bits per heavy atom. The summed E-state index contributed by atoms with van der Waals surface area (Å²) in [4.78, 5) is 22.5. The minimum Gasteiger partial charge on any atom is -0.298 e. The fourth-order valence-electron chi connectivity index (χ4n) is 2.28. The molecule has 0 atom stereocenters. The van der Waals surface area contributed by atoms with Gasteiger partial charge in [0.05, 0.1) is 11.1 Å². The molecule has 0 amide bonds. The first-order chi connectivity index (χ1) is 9.78. The van der Waals surface area contributed by atoms with E-state index in [1.165, 1.54) is 0 Å². The second kappa shape index (κ2) is 5.09. The van der Waals surface area contributed by atoms with Crippen LogP contribution in [0.5, 0.6) is 0 Å². The molecule has 0 saturated heterocycles. The fraction of sp³-hybridized carbons (Fsp3) is 0.0625. The summed E-state index contributed by atoms with van der Waals surface area (Å²) in [7, 11) is 0. The Morgan fingerprint density at radius 1 is 1.05 bits per heavy atom. The molecule has 1 N–H and O–H groups in total. The van der Waals surface area contributed by atoms with Gasteiger partial charge in [-0.05, 0) is 17.7 Å². The summed E-state index contributed by atoms with van der Waals surface area (Å²) >= 11 is 0. The van der Waals surface area contributed by atoms with Crippen molar-refractivity contribution in [2.75, 3.05) is 0 Å². The standard InChI is InChI=1S/C16H12N2O2/c19-10-12-5-3-4-11(8-12)9-15-13-6-1-2-7-14(13)16(20)18-17-15/h1-8,10H,9H2,(H,18,20). The van der Waals surface area contributed by atoms with E-state index < -0.39 is 0 Å². The highest BCUT2D eigenvalue weighted by Gasteiger charge is 2.07. The molecule has 1 heterocycles. The number of nitrogens with zero attached hydrogens (tertiary/aromatic N) is 1. The number of hydrogen-bond acceptors (Lipinski definition) is 3. The average molecular weight is 264 g/mol. The number of carbonyl (C=O) groups is 1. The lowest BCUT2D eigenvalue weighted by atomic mass is 10.0. The molecule has 0 bridgehead atoms. The van der Waals surface area contributed by atoms with Crippen LogP contribution in [-0.2, 0) is 6.42 Å². The second-order valence-electron chi connectivity index (χ2n) is 4.58. The lowest BCUT2D eigenvalue weighted by Crippen LogP contribution is -2.11. The highest BCUT2D eigenvalue weighted by Crippen LogP contribution is 2.16. The first-order valence-electron chi connectivity index (χ1n) is 6.28. The Labute approximate surface area is 115 Å². The zero-order valence-electron chi connectivity index (χ0n) is 10.7. The molecule has 0 unspecified atom stereocenters. The molecule has 0 fully saturated rings. The van der Waals surface area contributed by atoms with Crippen LogP contribution in [0.1, 0.15) is 21.6 Å². The van der Waals surface area contributed by atoms with Crippen molar-refractivity contribution in [1.29, 1.82) is 0 Å². The molecule has 1 aromatic heterocycles. The van der Waals surface area contributed by atoms with E-state index in [0.717, 1.165) is 22.9 Å². The number of fused-ring (bicyclic) bond motifs is 1. The SMILES string of the molecule is O=Cc1cccc(Cc2n[nH]c(=O)c3ccccc23)c1. The summed E-state index contributed by atoms with van der Waals surface area (Å²) < 4.78 is 0. The quantitative estimate of drug-likeness (QED) is 0.738. The molecule has 4 nitrogen and oxygen atoms in total. The van der Waals surface area contributed by atoms with Crippen molar-refractivity contribution in [3.8, 4) is 0 Å². The van der Waals surface area contributed by atoms with Crippen LogP contribution < -0.4 is 5.56 Å². The topological polar surface area (TPSA) is 62.8 Å². The van der Waals surface area contributed by atoms with Crippen LogP contribution in [-0.4, -0.2) is 16.5 Å². The van der Waals surface area contributed by atoms with E-state index in [4.69, 9.17) is 0 Å². The molecule has 0 saturated carbocycles. The normalized spacial score (nSPS) is 10.6. The predicted molar refractivity (Wildman–Crippen MR) is 77.0 cm³/mol. The molecule has 98 valence electrons. The maximum atomic E-state index is 11.7. The molecule has 0 spiro atoms. The molecule has 3 aromatic rings. The van der Waals surface area contributed by atoms with Crippen molar-refractivity contribution in [2.45, 2.75) is 6.42 Å². The second-order valence-corrected chi connectivity index (χ2v) is 4.58. The summed E-state index contributed by atoms with van der Waals surface area (Å²) in [6.45, 7) is 0. The van der Waals surface area contributed by atoms with Crippen LogP contribution in [0.25, 0.3) is 10.8 Å². The van der Waals surface area contributed by atoms with E-state index in [1.54, 1.807) is 12.1 Å². The van der Waals surface area contributed by atoms with Gasteiger partial charge in [0.15, 0.2) is 0 Å². The Bertz CT molecular complexity index is 837. The number of aldehydes is 1. The predicted octanol–water partition coefficient (Wildman–Crippen LogP) is 2.33. The monoisotopic (exact) mass is 264 g/mol. The van der Waals surface area contributed by atoms with E-state index in [1.807, 2.05) is 36.4 Å². The third kappa shape index (κ3) is 2.23. The molecular weight excluding hydrogens is 252 g/mol. The van der Waals surface area contributed by atoms with E-state index >= 15 is 0 Å². The number of benzene rings is 2. The lowest BCUT2D eigenvalue weighted by Gasteiger charge is -2.05. The van der Waals surface area contributed by atoms with Gasteiger partial charge >= 0.3 is 0 Å². The van der Waals surface area contributed by atoms with Gasteiger partial charge in [-0.2, -0.15) is 5.10 Å². The molecule has 0 aliphatic heterocycles. The smallest absolute Gasteiger partial charge is 0.272 e. The van der Waals surface area contributed by atoms with Gasteiger partial charge in [-0.3, -0.25) is 9.59 Å². The van der Waals surface area contributed by atoms with Gasteiger partial charge in [0, 0.05) is 17.4 Å². The number of hydrogen-bond donors (Lipinski definition) is 1. The highest BCUT2D eigenvalue weighted by atomic mass is 16.1. The highest BCUT2D eigenvalue weighted by molar-refractivity contribution is 5.83. The van der Waals surface area contributed by atoms with Gasteiger partial charge in [0.2, 0.25) is 0 Å². The fourth-order valence-corrected chi connectivity index (χ4v) is 2.28. The molecule has 2 aromatic carbocycles. The maximum Gasteiger partial charge on any atom is 0.272 e. The number of H-pyrrole nitrogens is 1. The van der Waals surface area contributed by atoms with Gasteiger partial charge in [-0.1, -0.05) is 36.4 Å². The Morgan fingerprint density at radius 3 is 2.65 bits per heavy atom. The maximum absolute atomic E-state index is 11.7. The first-order valence-corrected chi connectivity index (χ1v) is 6.28. The van der Waals surface area contributed by atoms with E-state index in [9.17, 15) is 9.59 Å². The minimum atomic E-state index is -0.189. The minimum absolute atomic E-state index is 0.189. The van der Waals surface area contributed by atoms with Gasteiger partial charge in [-0.15, -0.1) is 0 Å². The Balaban J connectivity index is 2.09. The molecule has 4 heteroatoms. The van der Waals surface area contributed by atoms with Crippen LogP contribution in [0.2, 0.25) is 0 Å². The first kappa shape index (κ1) is 12.3. The number of aromatic nitrogens is 2. The molecule has 3 rings (SSSR count). The van der Waals surface area contributed by atoms with Gasteiger partial charge in [0.1, 0.15) is 6.29 Å². The summed E-state index contributed by atoms with van der Waals surface area (Å²) in [6, 6.07) is 14.7. The number of carbonyl (C=O) groups excluding carboxylic acids is 1. The zero-order valence-corrected chi connectivity index (χ0v) is 10.7. The summed E-state index contributed by atoms with van der Waals surface area (Å²) in [6.07, 6.45) is 1.39. The number of aromatic amines is 1. The summed E-state index contributed by atoms with van der Waals surface area (Å²) in [5, 5.41) is 8.12. The van der Waals surface area contributed by atoms with Gasteiger partial charge < -0.3 is 0 Å². The molecule has 20 heavy (non-hydrogen) atoms. The van der Waals surface area contributed by atoms with Crippen LogP contribution in [0, 0.1) is 0 Å². The number of nitrogens with one attached hydrogen (secondary N) is 1. The number of rotatable bonds is 3. The van der Waals surface area contributed by atoms with Gasteiger partial charge in [0.25, 0.3) is 5.56 Å². The van der Waals surface area contributed by atoms with Crippen molar-refractivity contribution in [2.24, 2.45) is 0 Å².